The summed E-state index contributed by atoms with van der Waals surface area (Å²) < 4.78 is 5.27. The summed E-state index contributed by atoms with van der Waals surface area (Å²) in [7, 11) is 0. The van der Waals surface area contributed by atoms with E-state index in [1.54, 1.807) is 13.8 Å². The van der Waals surface area contributed by atoms with Crippen LogP contribution in [0, 0.1) is 5.41 Å². The van der Waals surface area contributed by atoms with Crippen LogP contribution in [0.1, 0.15) is 27.7 Å². The maximum atomic E-state index is 12.1. The lowest BCUT2D eigenvalue weighted by Gasteiger charge is -2.28. The second-order valence-electron chi connectivity index (χ2n) is 5.96. The number of carbonyl (C=O) groups excluding carboxylic acids is 2. The molecule has 0 unspecified atom stereocenters. The fourth-order valence-corrected chi connectivity index (χ4v) is 1.92. The largest absolute Gasteiger partial charge is 0.379 e. The average molecular weight is 285 g/mol. The summed E-state index contributed by atoms with van der Waals surface area (Å²) in [5, 5.41) is 5.62. The van der Waals surface area contributed by atoms with Crippen molar-refractivity contribution in [1.82, 2.24) is 15.5 Å². The molecule has 0 aromatic heterocycles. The second kappa shape index (κ2) is 7.59. The summed E-state index contributed by atoms with van der Waals surface area (Å²) in [6.07, 6.45) is 0. The molecule has 2 N–H and O–H groups in total. The van der Waals surface area contributed by atoms with Crippen LogP contribution in [0.3, 0.4) is 0 Å². The van der Waals surface area contributed by atoms with Crippen LogP contribution in [0.2, 0.25) is 0 Å². The van der Waals surface area contributed by atoms with Crippen LogP contribution in [0.5, 0.6) is 0 Å². The van der Waals surface area contributed by atoms with Gasteiger partial charge in [-0.15, -0.1) is 0 Å². The molecule has 0 aromatic rings. The third-order valence-electron chi connectivity index (χ3n) is 3.37. The standard InChI is InChI=1S/C14H27N3O3/c1-11(2)16-13(19)14(3,4)12(18)15-5-6-17-7-9-20-10-8-17/h11H,5-10H2,1-4H3,(H,15,18)(H,16,19). The predicted molar refractivity (Wildman–Crippen MR) is 77.3 cm³/mol. The molecule has 0 spiro atoms. The van der Waals surface area contributed by atoms with Gasteiger partial charge in [0.25, 0.3) is 0 Å². The highest BCUT2D eigenvalue weighted by Gasteiger charge is 2.35. The molecule has 0 aromatic carbocycles. The van der Waals surface area contributed by atoms with Crippen LogP contribution in [0.4, 0.5) is 0 Å². The van der Waals surface area contributed by atoms with Crippen molar-refractivity contribution in [1.29, 1.82) is 0 Å². The summed E-state index contributed by atoms with van der Waals surface area (Å²) in [4.78, 5) is 26.3. The number of morpholine rings is 1. The van der Waals surface area contributed by atoms with Crippen molar-refractivity contribution in [2.45, 2.75) is 33.7 Å². The quantitative estimate of drug-likeness (QED) is 0.673. The van der Waals surface area contributed by atoms with Gasteiger partial charge in [-0.2, -0.15) is 0 Å². The number of hydrogen-bond donors (Lipinski definition) is 2. The molecule has 2 amide bonds. The van der Waals surface area contributed by atoms with E-state index in [1.165, 1.54) is 0 Å². The van der Waals surface area contributed by atoms with Crippen molar-refractivity contribution in [2.24, 2.45) is 5.41 Å². The Hall–Kier alpha value is -1.14. The zero-order chi connectivity index (χ0) is 15.2. The number of carbonyl (C=O) groups is 2. The van der Waals surface area contributed by atoms with E-state index in [1.807, 2.05) is 13.8 Å². The Morgan fingerprint density at radius 1 is 1.20 bits per heavy atom. The van der Waals surface area contributed by atoms with Crippen LogP contribution in [0.25, 0.3) is 0 Å². The molecule has 116 valence electrons. The Balaban J connectivity index is 2.34. The average Bonchev–Trinajstić information content (AvgIpc) is 2.39. The molecule has 6 heteroatoms. The molecule has 1 saturated heterocycles. The van der Waals surface area contributed by atoms with E-state index >= 15 is 0 Å². The lowest BCUT2D eigenvalue weighted by atomic mass is 9.90. The van der Waals surface area contributed by atoms with Crippen molar-refractivity contribution < 1.29 is 14.3 Å². The molecule has 0 atom stereocenters. The molecule has 1 fully saturated rings. The SMILES string of the molecule is CC(C)NC(=O)C(C)(C)C(=O)NCCN1CCOCC1. The third-order valence-corrected chi connectivity index (χ3v) is 3.37. The molecule has 1 aliphatic heterocycles. The third kappa shape index (κ3) is 5.09. The van der Waals surface area contributed by atoms with Gasteiger partial charge in [0.05, 0.1) is 13.2 Å². The smallest absolute Gasteiger partial charge is 0.235 e. The van der Waals surface area contributed by atoms with Crippen molar-refractivity contribution in [3.63, 3.8) is 0 Å². The fraction of sp³-hybridized carbons (Fsp3) is 0.857. The minimum Gasteiger partial charge on any atom is -0.379 e. The molecular formula is C14H27N3O3. The summed E-state index contributed by atoms with van der Waals surface area (Å²) >= 11 is 0. The Labute approximate surface area is 121 Å². The molecule has 0 saturated carbocycles. The van der Waals surface area contributed by atoms with Crippen LogP contribution in [0.15, 0.2) is 0 Å². The number of hydrogen-bond acceptors (Lipinski definition) is 4. The predicted octanol–water partition coefficient (Wildman–Crippen LogP) is -0.0144. The molecule has 6 nitrogen and oxygen atoms in total. The lowest BCUT2D eigenvalue weighted by molar-refractivity contribution is -0.141. The first-order chi connectivity index (χ1) is 9.34. The van der Waals surface area contributed by atoms with E-state index in [4.69, 9.17) is 4.74 Å². The zero-order valence-electron chi connectivity index (χ0n) is 13.0. The van der Waals surface area contributed by atoms with Gasteiger partial charge in [-0.1, -0.05) is 0 Å². The maximum Gasteiger partial charge on any atom is 0.235 e. The number of ether oxygens (including phenoxy) is 1. The highest BCUT2D eigenvalue weighted by atomic mass is 16.5. The molecule has 20 heavy (non-hydrogen) atoms. The van der Waals surface area contributed by atoms with Gasteiger partial charge in [-0.3, -0.25) is 14.5 Å². The van der Waals surface area contributed by atoms with Crippen molar-refractivity contribution in [3.8, 4) is 0 Å². The van der Waals surface area contributed by atoms with Gasteiger partial charge in [-0.05, 0) is 27.7 Å². The van der Waals surface area contributed by atoms with E-state index in [0.717, 1.165) is 32.8 Å². The Bertz CT molecular complexity index is 337. The first-order valence-electron chi connectivity index (χ1n) is 7.23. The number of amides is 2. The van der Waals surface area contributed by atoms with Gasteiger partial charge >= 0.3 is 0 Å². The van der Waals surface area contributed by atoms with E-state index in [2.05, 4.69) is 15.5 Å². The van der Waals surface area contributed by atoms with Crippen molar-refractivity contribution in [2.75, 3.05) is 39.4 Å². The molecule has 1 rings (SSSR count). The van der Waals surface area contributed by atoms with Crippen molar-refractivity contribution in [3.05, 3.63) is 0 Å². The first kappa shape index (κ1) is 16.9. The molecule has 0 aliphatic carbocycles. The van der Waals surface area contributed by atoms with E-state index < -0.39 is 5.41 Å². The number of nitrogens with zero attached hydrogens (tertiary/aromatic N) is 1. The number of rotatable bonds is 6. The van der Waals surface area contributed by atoms with Gasteiger partial charge in [0, 0.05) is 32.2 Å². The van der Waals surface area contributed by atoms with Gasteiger partial charge in [0.1, 0.15) is 5.41 Å². The molecule has 1 heterocycles. The minimum absolute atomic E-state index is 0.0305. The Kier molecular flexibility index (Phi) is 6.42. The lowest BCUT2D eigenvalue weighted by Crippen LogP contribution is -2.51. The topological polar surface area (TPSA) is 70.7 Å². The number of nitrogens with one attached hydrogen (secondary N) is 2. The summed E-state index contributed by atoms with van der Waals surface area (Å²) in [5.41, 5.74) is -1.05. The summed E-state index contributed by atoms with van der Waals surface area (Å²) in [6, 6.07) is 0.0305. The van der Waals surface area contributed by atoms with Crippen LogP contribution >= 0.6 is 0 Å². The van der Waals surface area contributed by atoms with E-state index in [-0.39, 0.29) is 17.9 Å². The zero-order valence-corrected chi connectivity index (χ0v) is 13.0. The first-order valence-corrected chi connectivity index (χ1v) is 7.23. The molecule has 1 aliphatic rings. The van der Waals surface area contributed by atoms with E-state index in [0.29, 0.717) is 6.54 Å². The highest BCUT2D eigenvalue weighted by molar-refractivity contribution is 6.04. The molecule has 0 radical (unpaired) electrons. The highest BCUT2D eigenvalue weighted by Crippen LogP contribution is 2.15. The van der Waals surface area contributed by atoms with Gasteiger partial charge in [0.15, 0.2) is 0 Å². The second-order valence-corrected chi connectivity index (χ2v) is 5.96. The summed E-state index contributed by atoms with van der Waals surface area (Å²) in [6.45, 7) is 11.7. The minimum atomic E-state index is -1.05. The Morgan fingerprint density at radius 3 is 2.35 bits per heavy atom. The summed E-state index contributed by atoms with van der Waals surface area (Å²) in [5.74, 6) is -0.472. The van der Waals surface area contributed by atoms with Gasteiger partial charge in [0.2, 0.25) is 11.8 Å². The van der Waals surface area contributed by atoms with Gasteiger partial charge < -0.3 is 15.4 Å². The normalized spacial score (nSPS) is 17.1. The Morgan fingerprint density at radius 2 is 1.80 bits per heavy atom. The van der Waals surface area contributed by atoms with E-state index in [9.17, 15) is 9.59 Å². The van der Waals surface area contributed by atoms with Crippen LogP contribution in [-0.2, 0) is 14.3 Å². The maximum absolute atomic E-state index is 12.1. The van der Waals surface area contributed by atoms with Gasteiger partial charge in [-0.25, -0.2) is 0 Å². The molecular weight excluding hydrogens is 258 g/mol. The van der Waals surface area contributed by atoms with Crippen molar-refractivity contribution >= 4 is 11.8 Å². The monoisotopic (exact) mass is 285 g/mol. The fourth-order valence-electron chi connectivity index (χ4n) is 1.92. The molecule has 0 bridgehead atoms. The van der Waals surface area contributed by atoms with Crippen LogP contribution < -0.4 is 10.6 Å². The van der Waals surface area contributed by atoms with Crippen LogP contribution in [-0.4, -0.2) is 62.1 Å².